The molecule has 7 heteroatoms. The van der Waals surface area contributed by atoms with E-state index in [2.05, 4.69) is 34.0 Å². The summed E-state index contributed by atoms with van der Waals surface area (Å²) in [5.74, 6) is 0.0800. The fraction of sp³-hybridized carbons (Fsp3) is 0.550. The molecule has 0 unspecified atom stereocenters. The molecule has 1 aliphatic rings. The Morgan fingerprint density at radius 3 is 2.44 bits per heavy atom. The predicted molar refractivity (Wildman–Crippen MR) is 107 cm³/mol. The van der Waals surface area contributed by atoms with Crippen LogP contribution in [0.25, 0.3) is 0 Å². The molecule has 1 saturated heterocycles. The minimum absolute atomic E-state index is 0.0800. The number of rotatable bonds is 8. The lowest BCUT2D eigenvalue weighted by Gasteiger charge is -2.32. The number of benzene rings is 1. The van der Waals surface area contributed by atoms with E-state index in [4.69, 9.17) is 0 Å². The summed E-state index contributed by atoms with van der Waals surface area (Å²) in [5, 5.41) is 0.224. The number of sulfone groups is 1. The van der Waals surface area contributed by atoms with Gasteiger partial charge in [0.1, 0.15) is 0 Å². The molecule has 0 N–H and O–H groups in total. The van der Waals surface area contributed by atoms with Crippen molar-refractivity contribution in [1.29, 1.82) is 0 Å². The van der Waals surface area contributed by atoms with Gasteiger partial charge in [-0.25, -0.2) is 13.4 Å². The van der Waals surface area contributed by atoms with E-state index in [1.165, 1.54) is 5.56 Å². The second-order valence-electron chi connectivity index (χ2n) is 7.26. The second-order valence-corrected chi connectivity index (χ2v) is 9.43. The number of piperazine rings is 1. The third-order valence-corrected chi connectivity index (χ3v) is 6.87. The number of likely N-dealkylation sites (N-methyl/N-ethyl adjacent to an activating group) is 1. The van der Waals surface area contributed by atoms with Gasteiger partial charge in [-0.3, -0.25) is 4.90 Å². The fourth-order valence-electron chi connectivity index (χ4n) is 3.46. The Hall–Kier alpha value is -1.70. The standard InChI is InChI=1S/C20H30N4O2S/c1-3-27(25,26)20-21-16-19(17-23-14-12-22(2)13-15-23)24(20)11-7-10-18-8-5-4-6-9-18/h4-6,8-9,16H,3,7,10-15,17H2,1-2H3. The highest BCUT2D eigenvalue weighted by atomic mass is 32.2. The SMILES string of the molecule is CCS(=O)(=O)c1ncc(CN2CCN(C)CC2)n1CCCc1ccccc1. The van der Waals surface area contributed by atoms with Gasteiger partial charge in [-0.05, 0) is 25.5 Å². The molecular formula is C20H30N4O2S. The van der Waals surface area contributed by atoms with Gasteiger partial charge in [-0.2, -0.15) is 0 Å². The molecule has 2 aromatic rings. The average Bonchev–Trinajstić information content (AvgIpc) is 3.08. The summed E-state index contributed by atoms with van der Waals surface area (Å²) in [4.78, 5) is 9.00. The van der Waals surface area contributed by atoms with E-state index in [0.29, 0.717) is 6.54 Å². The number of imidazole rings is 1. The molecule has 2 heterocycles. The molecule has 1 aromatic heterocycles. The largest absolute Gasteiger partial charge is 0.318 e. The van der Waals surface area contributed by atoms with Crippen molar-refractivity contribution in [2.45, 2.75) is 38.0 Å². The van der Waals surface area contributed by atoms with Gasteiger partial charge in [-0.1, -0.05) is 37.3 Å². The Morgan fingerprint density at radius 1 is 1.07 bits per heavy atom. The molecule has 0 saturated carbocycles. The van der Waals surface area contributed by atoms with Gasteiger partial charge in [0.15, 0.2) is 0 Å². The average molecular weight is 391 g/mol. The maximum atomic E-state index is 12.5. The number of hydrogen-bond donors (Lipinski definition) is 0. The smallest absolute Gasteiger partial charge is 0.227 e. The van der Waals surface area contributed by atoms with Gasteiger partial charge in [0.25, 0.3) is 0 Å². The van der Waals surface area contributed by atoms with E-state index in [1.807, 2.05) is 22.8 Å². The van der Waals surface area contributed by atoms with Crippen molar-refractivity contribution >= 4 is 9.84 Å². The molecule has 6 nitrogen and oxygen atoms in total. The first-order valence-electron chi connectivity index (χ1n) is 9.71. The van der Waals surface area contributed by atoms with Crippen LogP contribution in [0.5, 0.6) is 0 Å². The Labute approximate surface area is 162 Å². The summed E-state index contributed by atoms with van der Waals surface area (Å²) in [6, 6.07) is 10.3. The lowest BCUT2D eigenvalue weighted by atomic mass is 10.1. The Kier molecular flexibility index (Phi) is 6.68. The molecule has 3 rings (SSSR count). The van der Waals surface area contributed by atoms with E-state index in [1.54, 1.807) is 13.1 Å². The van der Waals surface area contributed by atoms with Gasteiger partial charge < -0.3 is 9.47 Å². The summed E-state index contributed by atoms with van der Waals surface area (Å²) in [5.41, 5.74) is 2.28. The van der Waals surface area contributed by atoms with Crippen molar-refractivity contribution in [3.8, 4) is 0 Å². The summed E-state index contributed by atoms with van der Waals surface area (Å²) >= 11 is 0. The van der Waals surface area contributed by atoms with Crippen LogP contribution in [0.3, 0.4) is 0 Å². The van der Waals surface area contributed by atoms with E-state index in [-0.39, 0.29) is 10.9 Å². The zero-order chi connectivity index (χ0) is 19.3. The third-order valence-electron chi connectivity index (χ3n) is 5.23. The highest BCUT2D eigenvalue weighted by Gasteiger charge is 2.23. The minimum Gasteiger partial charge on any atom is -0.318 e. The lowest BCUT2D eigenvalue weighted by molar-refractivity contribution is 0.145. The van der Waals surface area contributed by atoms with Crippen LogP contribution in [0, 0.1) is 0 Å². The van der Waals surface area contributed by atoms with E-state index >= 15 is 0 Å². The van der Waals surface area contributed by atoms with Crippen LogP contribution in [0.4, 0.5) is 0 Å². The molecule has 0 amide bonds. The van der Waals surface area contributed by atoms with Crippen molar-refractivity contribution in [3.63, 3.8) is 0 Å². The maximum Gasteiger partial charge on any atom is 0.227 e. The van der Waals surface area contributed by atoms with Crippen molar-refractivity contribution in [3.05, 3.63) is 47.8 Å². The van der Waals surface area contributed by atoms with Crippen LogP contribution in [-0.4, -0.2) is 66.7 Å². The topological polar surface area (TPSA) is 58.4 Å². The van der Waals surface area contributed by atoms with Crippen molar-refractivity contribution < 1.29 is 8.42 Å². The predicted octanol–water partition coefficient (Wildman–Crippen LogP) is 2.06. The molecule has 1 fully saturated rings. The fourth-order valence-corrected chi connectivity index (χ4v) is 4.47. The lowest BCUT2D eigenvalue weighted by Crippen LogP contribution is -2.44. The third kappa shape index (κ3) is 5.18. The minimum atomic E-state index is -3.33. The first kappa shape index (κ1) is 20.0. The molecule has 0 spiro atoms. The van der Waals surface area contributed by atoms with Gasteiger partial charge in [0, 0.05) is 39.3 Å². The maximum absolute atomic E-state index is 12.5. The van der Waals surface area contributed by atoms with Crippen LogP contribution in [0.1, 0.15) is 24.6 Å². The van der Waals surface area contributed by atoms with Gasteiger partial charge in [0.05, 0.1) is 17.6 Å². The molecule has 0 atom stereocenters. The zero-order valence-electron chi connectivity index (χ0n) is 16.3. The van der Waals surface area contributed by atoms with Gasteiger partial charge in [-0.15, -0.1) is 0 Å². The molecule has 0 radical (unpaired) electrons. The van der Waals surface area contributed by atoms with Crippen LogP contribution in [-0.2, 0) is 29.3 Å². The summed E-state index contributed by atoms with van der Waals surface area (Å²) < 4.78 is 26.9. The van der Waals surface area contributed by atoms with Crippen molar-refractivity contribution in [2.24, 2.45) is 0 Å². The highest BCUT2D eigenvalue weighted by molar-refractivity contribution is 7.91. The van der Waals surface area contributed by atoms with E-state index < -0.39 is 9.84 Å². The summed E-state index contributed by atoms with van der Waals surface area (Å²) in [6.45, 7) is 7.20. The van der Waals surface area contributed by atoms with Crippen LogP contribution in [0.15, 0.2) is 41.7 Å². The van der Waals surface area contributed by atoms with E-state index in [9.17, 15) is 8.42 Å². The van der Waals surface area contributed by atoms with Gasteiger partial charge >= 0.3 is 0 Å². The molecule has 0 aliphatic carbocycles. The zero-order valence-corrected chi connectivity index (χ0v) is 17.2. The Bertz CT molecular complexity index is 825. The van der Waals surface area contributed by atoms with Crippen LogP contribution in [0.2, 0.25) is 0 Å². The summed E-state index contributed by atoms with van der Waals surface area (Å²) in [7, 11) is -1.19. The van der Waals surface area contributed by atoms with E-state index in [0.717, 1.165) is 51.3 Å². The summed E-state index contributed by atoms with van der Waals surface area (Å²) in [6.07, 6.45) is 3.57. The van der Waals surface area contributed by atoms with Crippen LogP contribution < -0.4 is 0 Å². The monoisotopic (exact) mass is 390 g/mol. The Balaban J connectivity index is 1.74. The number of aromatic nitrogens is 2. The Morgan fingerprint density at radius 2 is 1.78 bits per heavy atom. The first-order valence-corrected chi connectivity index (χ1v) is 11.4. The van der Waals surface area contributed by atoms with Crippen molar-refractivity contribution in [1.82, 2.24) is 19.4 Å². The van der Waals surface area contributed by atoms with Crippen molar-refractivity contribution in [2.75, 3.05) is 39.0 Å². The first-order chi connectivity index (χ1) is 13.0. The highest BCUT2D eigenvalue weighted by Crippen LogP contribution is 2.17. The number of hydrogen-bond acceptors (Lipinski definition) is 5. The van der Waals surface area contributed by atoms with Crippen LogP contribution >= 0.6 is 0 Å². The normalized spacial score (nSPS) is 16.7. The second kappa shape index (κ2) is 8.99. The number of aryl methyl sites for hydroxylation is 1. The molecule has 1 aromatic carbocycles. The molecule has 148 valence electrons. The quantitative estimate of drug-likeness (QED) is 0.691. The molecule has 1 aliphatic heterocycles. The van der Waals surface area contributed by atoms with Gasteiger partial charge in [0.2, 0.25) is 15.0 Å². The number of nitrogens with zero attached hydrogens (tertiary/aromatic N) is 4. The molecular weight excluding hydrogens is 360 g/mol. The molecule has 27 heavy (non-hydrogen) atoms. The molecule has 0 bridgehead atoms.